The largest absolute Gasteiger partial charge is 0.339 e. The van der Waals surface area contributed by atoms with E-state index in [1.807, 2.05) is 23.1 Å². The highest BCUT2D eigenvalue weighted by molar-refractivity contribution is 7.99. The third kappa shape index (κ3) is 3.99. The van der Waals surface area contributed by atoms with Crippen molar-refractivity contribution in [2.24, 2.45) is 0 Å². The maximum atomic E-state index is 12.0. The van der Waals surface area contributed by atoms with Gasteiger partial charge in [-0.2, -0.15) is 0 Å². The summed E-state index contributed by atoms with van der Waals surface area (Å²) in [4.78, 5) is 18.2. The summed E-state index contributed by atoms with van der Waals surface area (Å²) in [7, 11) is 0. The number of rotatable bonds is 4. The van der Waals surface area contributed by atoms with Crippen molar-refractivity contribution in [2.45, 2.75) is 18.7 Å². The number of aromatic nitrogens is 1. The van der Waals surface area contributed by atoms with Gasteiger partial charge in [0.05, 0.1) is 11.4 Å². The van der Waals surface area contributed by atoms with E-state index in [-0.39, 0.29) is 5.91 Å². The monoisotopic (exact) mass is 265 g/mol. The third-order valence-electron chi connectivity index (χ3n) is 2.92. The molecule has 1 atom stereocenters. The van der Waals surface area contributed by atoms with Crippen molar-refractivity contribution < 1.29 is 4.79 Å². The molecule has 5 heteroatoms. The van der Waals surface area contributed by atoms with Crippen LogP contribution in [0.2, 0.25) is 0 Å². The van der Waals surface area contributed by atoms with Crippen molar-refractivity contribution in [1.29, 1.82) is 0 Å². The predicted octanol–water partition coefficient (Wildman–Crippen LogP) is 1.14. The van der Waals surface area contributed by atoms with Gasteiger partial charge in [-0.15, -0.1) is 11.8 Å². The first-order valence-electron chi connectivity index (χ1n) is 6.24. The normalized spacial score (nSPS) is 19.8. The predicted molar refractivity (Wildman–Crippen MR) is 74.4 cm³/mol. The van der Waals surface area contributed by atoms with E-state index in [0.29, 0.717) is 11.8 Å². The fraction of sp³-hybridized carbons (Fsp3) is 0.538. The number of hydrogen-bond donors (Lipinski definition) is 1. The molecule has 0 spiro atoms. The average molecular weight is 265 g/mol. The number of nitrogens with one attached hydrogen (secondary N) is 1. The minimum Gasteiger partial charge on any atom is -0.339 e. The van der Waals surface area contributed by atoms with Gasteiger partial charge < -0.3 is 10.2 Å². The van der Waals surface area contributed by atoms with E-state index in [4.69, 9.17) is 0 Å². The second-order valence-electron chi connectivity index (χ2n) is 4.51. The van der Waals surface area contributed by atoms with Crippen molar-refractivity contribution in [3.8, 4) is 0 Å². The molecule has 1 saturated heterocycles. The van der Waals surface area contributed by atoms with Gasteiger partial charge in [-0.25, -0.2) is 0 Å². The van der Waals surface area contributed by atoms with E-state index in [1.165, 1.54) is 0 Å². The van der Waals surface area contributed by atoms with Crippen LogP contribution < -0.4 is 5.32 Å². The summed E-state index contributed by atoms with van der Waals surface area (Å²) in [6.07, 6.45) is 1.79. The Hall–Kier alpha value is -1.07. The van der Waals surface area contributed by atoms with Crippen LogP contribution in [0.25, 0.3) is 0 Å². The quantitative estimate of drug-likeness (QED) is 0.886. The molecule has 1 fully saturated rings. The standard InChI is InChI=1S/C13H19N3OS/c1-11-8-16(7-6-14-11)13(17)10-18-9-12-4-2-3-5-15-12/h2-5,11,14H,6-10H2,1H3. The molecule has 4 nitrogen and oxygen atoms in total. The van der Waals surface area contributed by atoms with E-state index in [0.717, 1.165) is 31.1 Å². The molecule has 2 heterocycles. The van der Waals surface area contributed by atoms with Crippen LogP contribution in [0.4, 0.5) is 0 Å². The summed E-state index contributed by atoms with van der Waals surface area (Å²) < 4.78 is 0. The lowest BCUT2D eigenvalue weighted by molar-refractivity contribution is -0.129. The van der Waals surface area contributed by atoms with Gasteiger partial charge in [0.1, 0.15) is 0 Å². The Balaban J connectivity index is 1.71. The fourth-order valence-electron chi connectivity index (χ4n) is 1.98. The molecule has 0 aliphatic carbocycles. The lowest BCUT2D eigenvalue weighted by Crippen LogP contribution is -2.51. The van der Waals surface area contributed by atoms with Crippen LogP contribution in [0, 0.1) is 0 Å². The molecule has 1 aliphatic rings. The Morgan fingerprint density at radius 2 is 2.50 bits per heavy atom. The zero-order chi connectivity index (χ0) is 12.8. The number of piperazine rings is 1. The summed E-state index contributed by atoms with van der Waals surface area (Å²) in [5.74, 6) is 1.58. The van der Waals surface area contributed by atoms with Gasteiger partial charge in [0.2, 0.25) is 5.91 Å². The van der Waals surface area contributed by atoms with E-state index in [1.54, 1.807) is 18.0 Å². The summed E-state index contributed by atoms with van der Waals surface area (Å²) in [6.45, 7) is 4.66. The summed E-state index contributed by atoms with van der Waals surface area (Å²) in [6, 6.07) is 6.28. The number of nitrogens with zero attached hydrogens (tertiary/aromatic N) is 2. The van der Waals surface area contributed by atoms with E-state index < -0.39 is 0 Å². The van der Waals surface area contributed by atoms with Gasteiger partial charge in [0.25, 0.3) is 0 Å². The van der Waals surface area contributed by atoms with Crippen LogP contribution in [0.15, 0.2) is 24.4 Å². The van der Waals surface area contributed by atoms with Crippen LogP contribution in [0.5, 0.6) is 0 Å². The molecule has 1 aromatic rings. The molecule has 1 amide bonds. The lowest BCUT2D eigenvalue weighted by atomic mass is 10.2. The first-order chi connectivity index (χ1) is 8.75. The zero-order valence-corrected chi connectivity index (χ0v) is 11.4. The van der Waals surface area contributed by atoms with Gasteiger partial charge in [-0.1, -0.05) is 6.07 Å². The Morgan fingerprint density at radius 3 is 3.22 bits per heavy atom. The molecule has 0 saturated carbocycles. The minimum absolute atomic E-state index is 0.240. The second kappa shape index (κ2) is 6.75. The number of carbonyl (C=O) groups excluding carboxylic acids is 1. The fourth-order valence-corrected chi connectivity index (χ4v) is 2.82. The Bertz CT molecular complexity index is 385. The molecule has 98 valence electrons. The highest BCUT2D eigenvalue weighted by Crippen LogP contribution is 2.11. The van der Waals surface area contributed by atoms with Gasteiger partial charge in [0, 0.05) is 37.6 Å². The first kappa shape index (κ1) is 13.4. The molecule has 1 aromatic heterocycles. The van der Waals surface area contributed by atoms with Crippen LogP contribution in [-0.2, 0) is 10.5 Å². The van der Waals surface area contributed by atoms with Gasteiger partial charge in [0.15, 0.2) is 0 Å². The lowest BCUT2D eigenvalue weighted by Gasteiger charge is -2.31. The van der Waals surface area contributed by atoms with Crippen LogP contribution in [-0.4, -0.2) is 47.2 Å². The van der Waals surface area contributed by atoms with Crippen molar-refractivity contribution in [2.75, 3.05) is 25.4 Å². The van der Waals surface area contributed by atoms with Crippen molar-refractivity contribution in [3.05, 3.63) is 30.1 Å². The van der Waals surface area contributed by atoms with Crippen LogP contribution >= 0.6 is 11.8 Å². The molecule has 18 heavy (non-hydrogen) atoms. The third-order valence-corrected chi connectivity index (χ3v) is 3.87. The number of thioether (sulfide) groups is 1. The molecular formula is C13H19N3OS. The van der Waals surface area contributed by atoms with E-state index >= 15 is 0 Å². The minimum atomic E-state index is 0.240. The molecule has 2 rings (SSSR count). The Kier molecular flexibility index (Phi) is 5.01. The summed E-state index contributed by atoms with van der Waals surface area (Å²) in [5, 5.41) is 3.34. The molecule has 0 radical (unpaired) electrons. The highest BCUT2D eigenvalue weighted by Gasteiger charge is 2.19. The zero-order valence-electron chi connectivity index (χ0n) is 10.6. The number of carbonyl (C=O) groups is 1. The topological polar surface area (TPSA) is 45.2 Å². The van der Waals surface area contributed by atoms with Gasteiger partial charge in [-0.3, -0.25) is 9.78 Å². The van der Waals surface area contributed by atoms with Gasteiger partial charge in [-0.05, 0) is 19.1 Å². The molecular weight excluding hydrogens is 246 g/mol. The van der Waals surface area contributed by atoms with E-state index in [9.17, 15) is 4.79 Å². The van der Waals surface area contributed by atoms with Crippen molar-refractivity contribution in [3.63, 3.8) is 0 Å². The second-order valence-corrected chi connectivity index (χ2v) is 5.49. The molecule has 1 N–H and O–H groups in total. The summed E-state index contributed by atoms with van der Waals surface area (Å²) in [5.41, 5.74) is 1.03. The molecule has 0 aromatic carbocycles. The number of pyridine rings is 1. The maximum absolute atomic E-state index is 12.0. The highest BCUT2D eigenvalue weighted by atomic mass is 32.2. The molecule has 1 aliphatic heterocycles. The molecule has 1 unspecified atom stereocenters. The number of amides is 1. The van der Waals surface area contributed by atoms with Gasteiger partial charge >= 0.3 is 0 Å². The first-order valence-corrected chi connectivity index (χ1v) is 7.40. The van der Waals surface area contributed by atoms with Crippen molar-refractivity contribution >= 4 is 17.7 Å². The van der Waals surface area contributed by atoms with Crippen molar-refractivity contribution in [1.82, 2.24) is 15.2 Å². The number of hydrogen-bond acceptors (Lipinski definition) is 4. The van der Waals surface area contributed by atoms with Crippen LogP contribution in [0.3, 0.4) is 0 Å². The van der Waals surface area contributed by atoms with E-state index in [2.05, 4.69) is 17.2 Å². The summed E-state index contributed by atoms with van der Waals surface area (Å²) >= 11 is 1.64. The van der Waals surface area contributed by atoms with Crippen LogP contribution in [0.1, 0.15) is 12.6 Å². The molecule has 0 bridgehead atoms. The average Bonchev–Trinajstić information content (AvgIpc) is 2.40. The maximum Gasteiger partial charge on any atom is 0.232 e. The Morgan fingerprint density at radius 1 is 1.61 bits per heavy atom. The SMILES string of the molecule is CC1CN(C(=O)CSCc2ccccn2)CCN1. The Labute approximate surface area is 112 Å². The smallest absolute Gasteiger partial charge is 0.232 e.